The number of thiophene rings is 1. The molecular weight excluding hydrogens is 316 g/mol. The van der Waals surface area contributed by atoms with Crippen LogP contribution >= 0.6 is 11.3 Å². The van der Waals surface area contributed by atoms with Crippen molar-refractivity contribution in [3.63, 3.8) is 0 Å². The minimum Gasteiger partial charge on any atom is -0.478 e. The molecule has 7 nitrogen and oxygen atoms in total. The van der Waals surface area contributed by atoms with Crippen LogP contribution in [0.1, 0.15) is 23.2 Å². The predicted octanol–water partition coefficient (Wildman–Crippen LogP) is 1.06. The van der Waals surface area contributed by atoms with Gasteiger partial charge in [-0.3, -0.25) is 4.79 Å². The van der Waals surface area contributed by atoms with Crippen LogP contribution in [-0.2, 0) is 14.8 Å². The van der Waals surface area contributed by atoms with Gasteiger partial charge in [-0.05, 0) is 24.3 Å². The Balaban J connectivity index is 1.97. The van der Waals surface area contributed by atoms with E-state index < -0.39 is 16.0 Å². The van der Waals surface area contributed by atoms with Crippen LogP contribution in [0.25, 0.3) is 0 Å². The number of hydrogen-bond acceptors (Lipinski definition) is 5. The normalized spacial score (nSPS) is 17.6. The summed E-state index contributed by atoms with van der Waals surface area (Å²) in [5, 5.41) is 13.5. The van der Waals surface area contributed by atoms with Crippen LogP contribution in [0.3, 0.4) is 0 Å². The monoisotopic (exact) mass is 332 g/mol. The summed E-state index contributed by atoms with van der Waals surface area (Å²) in [6, 6.07) is 1.44. The number of rotatable bonds is 4. The maximum atomic E-state index is 12.1. The Kier molecular flexibility index (Phi) is 4.64. The van der Waals surface area contributed by atoms with E-state index in [1.807, 2.05) is 0 Å². The molecule has 2 rings (SSSR count). The number of piperidine rings is 1. The number of carboxylic acids is 1. The highest BCUT2D eigenvalue weighted by molar-refractivity contribution is 7.88. The first-order chi connectivity index (χ1) is 9.79. The lowest BCUT2D eigenvalue weighted by Crippen LogP contribution is -2.40. The predicted molar refractivity (Wildman–Crippen MR) is 79.0 cm³/mol. The SMILES string of the molecule is CS(=O)(=O)N1CCC(C(=O)Nc2sccc2C(=O)O)CC1. The number of anilines is 1. The molecule has 0 atom stereocenters. The molecule has 0 unspecified atom stereocenters. The van der Waals surface area contributed by atoms with Crippen LogP contribution in [0.5, 0.6) is 0 Å². The van der Waals surface area contributed by atoms with E-state index in [1.165, 1.54) is 10.4 Å². The summed E-state index contributed by atoms with van der Waals surface area (Å²) in [6.45, 7) is 0.625. The summed E-state index contributed by atoms with van der Waals surface area (Å²) in [4.78, 5) is 23.1. The number of sulfonamides is 1. The lowest BCUT2D eigenvalue weighted by molar-refractivity contribution is -0.120. The van der Waals surface area contributed by atoms with Gasteiger partial charge in [-0.25, -0.2) is 17.5 Å². The largest absolute Gasteiger partial charge is 0.478 e. The van der Waals surface area contributed by atoms with Gasteiger partial charge in [0.05, 0.1) is 11.8 Å². The van der Waals surface area contributed by atoms with Crippen molar-refractivity contribution in [2.75, 3.05) is 24.7 Å². The molecule has 9 heteroatoms. The molecule has 1 aliphatic heterocycles. The fraction of sp³-hybridized carbons (Fsp3) is 0.500. The molecular formula is C12H16N2O5S2. The van der Waals surface area contributed by atoms with Crippen LogP contribution in [0.2, 0.25) is 0 Å². The van der Waals surface area contributed by atoms with Crippen LogP contribution in [-0.4, -0.2) is 49.1 Å². The van der Waals surface area contributed by atoms with E-state index in [2.05, 4.69) is 5.32 Å². The number of aromatic carboxylic acids is 1. The van der Waals surface area contributed by atoms with Gasteiger partial charge in [0.2, 0.25) is 15.9 Å². The third-order valence-corrected chi connectivity index (χ3v) is 5.56. The van der Waals surface area contributed by atoms with Crippen molar-refractivity contribution >= 4 is 38.2 Å². The third-order valence-electron chi connectivity index (χ3n) is 3.43. The first kappa shape index (κ1) is 15.9. The van der Waals surface area contributed by atoms with E-state index >= 15 is 0 Å². The van der Waals surface area contributed by atoms with Gasteiger partial charge in [-0.2, -0.15) is 0 Å². The van der Waals surface area contributed by atoms with Crippen LogP contribution in [0.15, 0.2) is 11.4 Å². The Hall–Kier alpha value is -1.45. The minimum absolute atomic E-state index is 0.0712. The minimum atomic E-state index is -3.22. The summed E-state index contributed by atoms with van der Waals surface area (Å²) in [5.41, 5.74) is 0.0712. The lowest BCUT2D eigenvalue weighted by Gasteiger charge is -2.29. The molecule has 0 radical (unpaired) electrons. The second-order valence-electron chi connectivity index (χ2n) is 4.89. The average molecular weight is 332 g/mol. The number of amides is 1. The number of carboxylic acid groups (broad SMARTS) is 1. The first-order valence-corrected chi connectivity index (χ1v) is 9.08. The molecule has 0 aliphatic carbocycles. The Labute approximate surface area is 126 Å². The Morgan fingerprint density at radius 2 is 2.00 bits per heavy atom. The average Bonchev–Trinajstić information content (AvgIpc) is 2.86. The summed E-state index contributed by atoms with van der Waals surface area (Å²) >= 11 is 1.16. The van der Waals surface area contributed by atoms with E-state index in [0.717, 1.165) is 17.6 Å². The summed E-state index contributed by atoms with van der Waals surface area (Å²) in [5.74, 6) is -1.64. The van der Waals surface area contributed by atoms with E-state index in [-0.39, 0.29) is 17.4 Å². The summed E-state index contributed by atoms with van der Waals surface area (Å²) < 4.78 is 24.2. The molecule has 2 heterocycles. The summed E-state index contributed by atoms with van der Waals surface area (Å²) in [7, 11) is -3.22. The van der Waals surface area contributed by atoms with Crippen molar-refractivity contribution in [3.05, 3.63) is 17.0 Å². The molecule has 0 bridgehead atoms. The van der Waals surface area contributed by atoms with Crippen molar-refractivity contribution in [1.29, 1.82) is 0 Å². The highest BCUT2D eigenvalue weighted by atomic mass is 32.2. The fourth-order valence-electron chi connectivity index (χ4n) is 2.24. The smallest absolute Gasteiger partial charge is 0.338 e. The van der Waals surface area contributed by atoms with Crippen LogP contribution in [0, 0.1) is 5.92 Å². The van der Waals surface area contributed by atoms with Crippen LogP contribution in [0.4, 0.5) is 5.00 Å². The van der Waals surface area contributed by atoms with Gasteiger partial charge in [-0.15, -0.1) is 11.3 Å². The quantitative estimate of drug-likeness (QED) is 0.858. The number of nitrogens with zero attached hydrogens (tertiary/aromatic N) is 1. The molecule has 0 saturated carbocycles. The van der Waals surface area contributed by atoms with Crippen molar-refractivity contribution in [3.8, 4) is 0 Å². The molecule has 1 aliphatic rings. The fourth-order valence-corrected chi connectivity index (χ4v) is 3.89. The van der Waals surface area contributed by atoms with E-state index in [1.54, 1.807) is 5.38 Å². The summed E-state index contributed by atoms with van der Waals surface area (Å²) in [6.07, 6.45) is 2.03. The maximum Gasteiger partial charge on any atom is 0.338 e. The Bertz CT molecular complexity index is 644. The van der Waals surface area contributed by atoms with E-state index in [4.69, 9.17) is 5.11 Å². The maximum absolute atomic E-state index is 12.1. The zero-order chi connectivity index (χ0) is 15.6. The molecule has 21 heavy (non-hydrogen) atoms. The molecule has 1 fully saturated rings. The standard InChI is InChI=1S/C12H16N2O5S2/c1-21(18,19)14-5-2-8(3-6-14)10(15)13-11-9(12(16)17)4-7-20-11/h4,7-8H,2-3,5-6H2,1H3,(H,13,15)(H,16,17). The zero-order valence-corrected chi connectivity index (χ0v) is 13.0. The second kappa shape index (κ2) is 6.12. The molecule has 0 aromatic carbocycles. The van der Waals surface area contributed by atoms with Gasteiger partial charge in [0.15, 0.2) is 0 Å². The van der Waals surface area contributed by atoms with E-state index in [0.29, 0.717) is 30.9 Å². The van der Waals surface area contributed by atoms with Gasteiger partial charge in [0.25, 0.3) is 0 Å². The van der Waals surface area contributed by atoms with Crippen LogP contribution < -0.4 is 5.32 Å². The molecule has 1 aromatic rings. The van der Waals surface area contributed by atoms with Gasteiger partial charge in [0.1, 0.15) is 5.00 Å². The second-order valence-corrected chi connectivity index (χ2v) is 7.79. The molecule has 116 valence electrons. The third kappa shape index (κ3) is 3.80. The number of nitrogens with one attached hydrogen (secondary N) is 1. The highest BCUT2D eigenvalue weighted by Gasteiger charge is 2.29. The molecule has 1 amide bonds. The molecule has 1 aromatic heterocycles. The van der Waals surface area contributed by atoms with Gasteiger partial charge in [-0.1, -0.05) is 0 Å². The number of carbonyl (C=O) groups excluding carboxylic acids is 1. The lowest BCUT2D eigenvalue weighted by atomic mass is 9.97. The molecule has 1 saturated heterocycles. The number of carbonyl (C=O) groups is 2. The molecule has 2 N–H and O–H groups in total. The van der Waals surface area contributed by atoms with Crippen molar-refractivity contribution in [2.45, 2.75) is 12.8 Å². The Morgan fingerprint density at radius 1 is 1.38 bits per heavy atom. The van der Waals surface area contributed by atoms with Crippen molar-refractivity contribution in [2.24, 2.45) is 5.92 Å². The van der Waals surface area contributed by atoms with Gasteiger partial charge < -0.3 is 10.4 Å². The topological polar surface area (TPSA) is 104 Å². The first-order valence-electron chi connectivity index (χ1n) is 6.36. The molecule has 0 spiro atoms. The Morgan fingerprint density at radius 3 is 2.52 bits per heavy atom. The highest BCUT2D eigenvalue weighted by Crippen LogP contribution is 2.26. The number of hydrogen-bond donors (Lipinski definition) is 2. The van der Waals surface area contributed by atoms with Crippen molar-refractivity contribution in [1.82, 2.24) is 4.31 Å². The van der Waals surface area contributed by atoms with Gasteiger partial charge >= 0.3 is 5.97 Å². The van der Waals surface area contributed by atoms with E-state index in [9.17, 15) is 18.0 Å². The van der Waals surface area contributed by atoms with Crippen molar-refractivity contribution < 1.29 is 23.1 Å². The van der Waals surface area contributed by atoms with Gasteiger partial charge in [0, 0.05) is 19.0 Å². The zero-order valence-electron chi connectivity index (χ0n) is 11.4.